The number of Topliss-reactive ketones (excluding diaryl/α,β-unsaturated/α-hetero) is 1. The Morgan fingerprint density at radius 2 is 1.68 bits per heavy atom. The third-order valence-electron chi connectivity index (χ3n) is 10.7. The van der Waals surface area contributed by atoms with Crippen molar-refractivity contribution in [1.29, 1.82) is 0 Å². The summed E-state index contributed by atoms with van der Waals surface area (Å²) >= 11 is 0. The van der Waals surface area contributed by atoms with Gasteiger partial charge in [0.05, 0.1) is 17.3 Å². The van der Waals surface area contributed by atoms with E-state index in [1.807, 2.05) is 13.0 Å². The minimum atomic E-state index is -1.54. The van der Waals surface area contributed by atoms with Crippen LogP contribution in [0.25, 0.3) is 0 Å². The van der Waals surface area contributed by atoms with Crippen LogP contribution in [0.5, 0.6) is 0 Å². The summed E-state index contributed by atoms with van der Waals surface area (Å²) in [6.45, 7) is 5.56. The smallest absolute Gasteiger partial charge is 0.338 e. The summed E-state index contributed by atoms with van der Waals surface area (Å²) < 4.78 is 6.17. The molecule has 0 saturated heterocycles. The number of aliphatic hydroxyl groups excluding tert-OH is 1. The number of hydrogen-bond acceptors (Lipinski definition) is 6. The highest BCUT2D eigenvalue weighted by Gasteiger charge is 2.77. The van der Waals surface area contributed by atoms with Crippen molar-refractivity contribution >= 4 is 11.8 Å². The Kier molecular flexibility index (Phi) is 5.55. The molecule has 5 rings (SSSR count). The van der Waals surface area contributed by atoms with Gasteiger partial charge in [-0.05, 0) is 87.7 Å². The van der Waals surface area contributed by atoms with Crippen molar-refractivity contribution in [2.75, 3.05) is 0 Å². The zero-order valence-corrected chi connectivity index (χ0v) is 20.5. The van der Waals surface area contributed by atoms with Crippen molar-refractivity contribution < 1.29 is 29.6 Å². The summed E-state index contributed by atoms with van der Waals surface area (Å²) in [5.74, 6) is -1.05. The molecule has 4 saturated carbocycles. The first-order chi connectivity index (χ1) is 16.0. The van der Waals surface area contributed by atoms with E-state index in [0.717, 1.165) is 12.8 Å². The van der Waals surface area contributed by atoms with Gasteiger partial charge in [0, 0.05) is 11.3 Å². The summed E-state index contributed by atoms with van der Waals surface area (Å²) in [7, 11) is 0. The second kappa shape index (κ2) is 7.87. The number of aliphatic hydroxyl groups is 3. The molecule has 6 heteroatoms. The van der Waals surface area contributed by atoms with Gasteiger partial charge in [0.15, 0.2) is 0 Å². The number of carbonyl (C=O) groups excluding carboxylic acids is 2. The highest BCUT2D eigenvalue weighted by atomic mass is 16.5. The molecule has 4 aliphatic carbocycles. The molecule has 0 bridgehead atoms. The summed E-state index contributed by atoms with van der Waals surface area (Å²) in [4.78, 5) is 26.0. The van der Waals surface area contributed by atoms with E-state index in [4.69, 9.17) is 4.74 Å². The van der Waals surface area contributed by atoms with E-state index in [1.54, 1.807) is 24.3 Å². The fraction of sp³-hybridized carbons (Fsp3) is 0.714. The molecule has 6 nitrogen and oxygen atoms in total. The number of ether oxygens (including phenoxy) is 1. The van der Waals surface area contributed by atoms with E-state index in [-0.39, 0.29) is 29.1 Å². The molecule has 3 N–H and O–H groups in total. The third-order valence-corrected chi connectivity index (χ3v) is 10.7. The Hall–Kier alpha value is -1.76. The van der Waals surface area contributed by atoms with Crippen LogP contribution in [-0.4, -0.2) is 50.5 Å². The number of fused-ring (bicyclic) bond motifs is 5. The van der Waals surface area contributed by atoms with Gasteiger partial charge in [0.1, 0.15) is 17.5 Å². The molecule has 0 radical (unpaired) electrons. The average Bonchev–Trinajstić information content (AvgIpc) is 3.10. The number of benzene rings is 1. The molecule has 0 spiro atoms. The Labute approximate surface area is 201 Å². The molecule has 1 aromatic rings. The lowest BCUT2D eigenvalue weighted by Crippen LogP contribution is -2.76. The second-order valence-electron chi connectivity index (χ2n) is 12.0. The van der Waals surface area contributed by atoms with Crippen molar-refractivity contribution in [2.45, 2.75) is 95.5 Å². The lowest BCUT2D eigenvalue weighted by molar-refractivity contribution is -0.318. The molecule has 4 fully saturated rings. The molecule has 1 aromatic carbocycles. The fourth-order valence-corrected chi connectivity index (χ4v) is 8.79. The Balaban J connectivity index is 1.59. The van der Waals surface area contributed by atoms with Gasteiger partial charge in [-0.25, -0.2) is 4.79 Å². The quantitative estimate of drug-likeness (QED) is 0.583. The van der Waals surface area contributed by atoms with Gasteiger partial charge in [0.2, 0.25) is 0 Å². The van der Waals surface area contributed by atoms with E-state index in [0.29, 0.717) is 44.1 Å². The highest BCUT2D eigenvalue weighted by Crippen LogP contribution is 2.71. The first-order valence-electron chi connectivity index (χ1n) is 12.9. The summed E-state index contributed by atoms with van der Waals surface area (Å²) in [5, 5.41) is 35.1. The van der Waals surface area contributed by atoms with Crippen LogP contribution < -0.4 is 0 Å². The number of hydrogen-bond donors (Lipinski definition) is 3. The number of esters is 1. The molecule has 9 unspecified atom stereocenters. The van der Waals surface area contributed by atoms with Crippen molar-refractivity contribution in [3.8, 4) is 0 Å². The number of ketones is 1. The lowest BCUT2D eigenvalue weighted by Gasteiger charge is -2.68. The summed E-state index contributed by atoms with van der Waals surface area (Å²) in [5.41, 5.74) is -3.83. The molecule has 9 atom stereocenters. The van der Waals surface area contributed by atoms with Gasteiger partial charge in [0.25, 0.3) is 0 Å². The largest absolute Gasteiger partial charge is 0.458 e. The van der Waals surface area contributed by atoms with Crippen molar-refractivity contribution in [1.82, 2.24) is 0 Å². The molecular formula is C28H38O6. The maximum Gasteiger partial charge on any atom is 0.338 e. The van der Waals surface area contributed by atoms with Gasteiger partial charge in [-0.1, -0.05) is 32.0 Å². The predicted molar refractivity (Wildman–Crippen MR) is 126 cm³/mol. The molecular weight excluding hydrogens is 432 g/mol. The van der Waals surface area contributed by atoms with Crippen molar-refractivity contribution in [3.05, 3.63) is 35.9 Å². The standard InChI is InChI=1S/C28H38O6/c1-17(29)21-11-14-28(33)26(21,3)23(34-24(31)18-7-5-4-6-8-18)16-22-25(2)12-10-20(30)15-19(25)9-13-27(22,28)32/h4-8,19-23,30,32-33H,9-16H2,1-3H3. The molecule has 34 heavy (non-hydrogen) atoms. The topological polar surface area (TPSA) is 104 Å². The minimum Gasteiger partial charge on any atom is -0.458 e. The molecule has 4 aliphatic rings. The minimum absolute atomic E-state index is 0.0399. The Bertz CT molecular complexity index is 978. The van der Waals surface area contributed by atoms with Crippen LogP contribution in [0.1, 0.15) is 82.5 Å². The lowest BCUT2D eigenvalue weighted by atomic mass is 9.40. The number of carbonyl (C=O) groups is 2. The second-order valence-corrected chi connectivity index (χ2v) is 12.0. The van der Waals surface area contributed by atoms with Crippen LogP contribution in [0, 0.1) is 28.6 Å². The Morgan fingerprint density at radius 3 is 2.35 bits per heavy atom. The first kappa shape index (κ1) is 24.0. The van der Waals surface area contributed by atoms with E-state index >= 15 is 0 Å². The summed E-state index contributed by atoms with van der Waals surface area (Å²) in [6.07, 6.45) is 3.44. The van der Waals surface area contributed by atoms with Crippen molar-refractivity contribution in [2.24, 2.45) is 28.6 Å². The van der Waals surface area contributed by atoms with Crippen LogP contribution in [0.3, 0.4) is 0 Å². The highest BCUT2D eigenvalue weighted by molar-refractivity contribution is 5.89. The normalized spacial score (nSPS) is 47.8. The summed E-state index contributed by atoms with van der Waals surface area (Å²) in [6, 6.07) is 8.80. The SMILES string of the molecule is CC(=O)C1CCC2(O)C3(O)CCC4CC(O)CCC4(C)C3CC(OC(=O)c3ccccc3)C12C. The molecule has 0 amide bonds. The monoisotopic (exact) mass is 470 g/mol. The predicted octanol–water partition coefficient (Wildman–Crippen LogP) is 3.66. The van der Waals surface area contributed by atoms with E-state index in [2.05, 4.69) is 6.92 Å². The maximum atomic E-state index is 13.2. The molecule has 0 heterocycles. The van der Waals surface area contributed by atoms with Crippen LogP contribution in [-0.2, 0) is 9.53 Å². The van der Waals surface area contributed by atoms with Crippen LogP contribution >= 0.6 is 0 Å². The zero-order valence-electron chi connectivity index (χ0n) is 20.5. The number of rotatable bonds is 3. The average molecular weight is 471 g/mol. The van der Waals surface area contributed by atoms with E-state index in [1.165, 1.54) is 6.92 Å². The van der Waals surface area contributed by atoms with Gasteiger partial charge in [-0.15, -0.1) is 0 Å². The zero-order chi connectivity index (χ0) is 24.5. The van der Waals surface area contributed by atoms with Crippen LogP contribution in [0.4, 0.5) is 0 Å². The van der Waals surface area contributed by atoms with Gasteiger partial charge in [-0.2, -0.15) is 0 Å². The van der Waals surface area contributed by atoms with Gasteiger partial charge >= 0.3 is 5.97 Å². The molecule has 186 valence electrons. The van der Waals surface area contributed by atoms with Crippen LogP contribution in [0.2, 0.25) is 0 Å². The van der Waals surface area contributed by atoms with Gasteiger partial charge < -0.3 is 20.1 Å². The van der Waals surface area contributed by atoms with E-state index < -0.39 is 34.6 Å². The maximum absolute atomic E-state index is 13.2. The van der Waals surface area contributed by atoms with Crippen LogP contribution in [0.15, 0.2) is 30.3 Å². The van der Waals surface area contributed by atoms with Gasteiger partial charge in [-0.3, -0.25) is 4.79 Å². The fourth-order valence-electron chi connectivity index (χ4n) is 8.79. The van der Waals surface area contributed by atoms with Crippen molar-refractivity contribution in [3.63, 3.8) is 0 Å². The molecule has 0 aliphatic heterocycles. The van der Waals surface area contributed by atoms with E-state index in [9.17, 15) is 24.9 Å². The molecule has 0 aromatic heterocycles. The Morgan fingerprint density at radius 1 is 0.971 bits per heavy atom. The first-order valence-corrected chi connectivity index (χ1v) is 12.9. The third kappa shape index (κ3) is 3.04.